The van der Waals surface area contributed by atoms with E-state index in [0.717, 1.165) is 13.0 Å². The molecule has 0 bridgehead atoms. The lowest BCUT2D eigenvalue weighted by Gasteiger charge is -2.22. The Morgan fingerprint density at radius 2 is 1.92 bits per heavy atom. The van der Waals surface area contributed by atoms with Crippen LogP contribution in [0.4, 0.5) is 0 Å². The first-order chi connectivity index (χ1) is 5.99. The topological polar surface area (TPSA) is 55.1 Å². The summed E-state index contributed by atoms with van der Waals surface area (Å²) in [6.45, 7) is 9.18. The summed E-state index contributed by atoms with van der Waals surface area (Å²) in [7, 11) is 0. The van der Waals surface area contributed by atoms with Crippen molar-refractivity contribution in [1.82, 2.24) is 5.32 Å². The smallest absolute Gasteiger partial charge is 0.234 e. The Hall–Kier alpha value is -0.570. The largest absolute Gasteiger partial charge is 0.368 e. The first-order valence-corrected chi connectivity index (χ1v) is 5.01. The second-order valence-corrected chi connectivity index (χ2v) is 4.07. The van der Waals surface area contributed by atoms with Crippen molar-refractivity contribution in [3.05, 3.63) is 0 Å². The van der Waals surface area contributed by atoms with Gasteiger partial charge in [-0.1, -0.05) is 34.1 Å². The summed E-state index contributed by atoms with van der Waals surface area (Å²) in [5.41, 5.74) is 5.30. The zero-order valence-electron chi connectivity index (χ0n) is 9.13. The van der Waals surface area contributed by atoms with Gasteiger partial charge in [-0.05, 0) is 18.4 Å². The molecule has 78 valence electrons. The highest BCUT2D eigenvalue weighted by atomic mass is 16.1. The third-order valence-corrected chi connectivity index (χ3v) is 2.27. The Bertz CT molecular complexity index is 157. The van der Waals surface area contributed by atoms with E-state index in [-0.39, 0.29) is 11.9 Å². The van der Waals surface area contributed by atoms with Crippen LogP contribution in [0.25, 0.3) is 0 Å². The minimum atomic E-state index is -0.241. The van der Waals surface area contributed by atoms with Crippen molar-refractivity contribution in [3.63, 3.8) is 0 Å². The second kappa shape index (κ2) is 5.97. The van der Waals surface area contributed by atoms with Gasteiger partial charge in [0.25, 0.3) is 0 Å². The van der Waals surface area contributed by atoms with E-state index in [0.29, 0.717) is 11.8 Å². The molecule has 0 aliphatic heterocycles. The van der Waals surface area contributed by atoms with E-state index >= 15 is 0 Å². The van der Waals surface area contributed by atoms with Gasteiger partial charge in [-0.25, -0.2) is 0 Å². The molecule has 1 amide bonds. The van der Waals surface area contributed by atoms with Crippen LogP contribution < -0.4 is 11.1 Å². The van der Waals surface area contributed by atoms with E-state index < -0.39 is 0 Å². The van der Waals surface area contributed by atoms with Crippen molar-refractivity contribution in [2.75, 3.05) is 6.54 Å². The molecule has 3 N–H and O–H groups in total. The Morgan fingerprint density at radius 1 is 1.38 bits per heavy atom. The first kappa shape index (κ1) is 12.4. The van der Waals surface area contributed by atoms with Crippen LogP contribution in [-0.2, 0) is 4.79 Å². The normalized spacial score (nSPS) is 15.8. The number of hydrogen-bond donors (Lipinski definition) is 2. The predicted molar refractivity (Wildman–Crippen MR) is 55.3 cm³/mol. The lowest BCUT2D eigenvalue weighted by atomic mass is 9.98. The van der Waals surface area contributed by atoms with Crippen LogP contribution in [-0.4, -0.2) is 18.5 Å². The Labute approximate surface area is 81.1 Å². The summed E-state index contributed by atoms with van der Waals surface area (Å²) in [6, 6.07) is -0.174. The third kappa shape index (κ3) is 4.88. The molecule has 0 aromatic heterocycles. The van der Waals surface area contributed by atoms with Crippen molar-refractivity contribution in [2.24, 2.45) is 17.6 Å². The summed E-state index contributed by atoms with van der Waals surface area (Å²) in [4.78, 5) is 11.1. The maximum absolute atomic E-state index is 11.1. The minimum absolute atomic E-state index is 0.174. The summed E-state index contributed by atoms with van der Waals surface area (Å²) in [5, 5.41) is 3.19. The number of hydrogen-bond acceptors (Lipinski definition) is 2. The van der Waals surface area contributed by atoms with Crippen LogP contribution in [0.1, 0.15) is 34.1 Å². The Kier molecular flexibility index (Phi) is 5.71. The molecule has 0 saturated carbocycles. The first-order valence-electron chi connectivity index (χ1n) is 5.01. The molecule has 0 aromatic carbocycles. The molecule has 0 heterocycles. The minimum Gasteiger partial charge on any atom is -0.368 e. The van der Waals surface area contributed by atoms with Gasteiger partial charge in [0.15, 0.2) is 0 Å². The van der Waals surface area contributed by atoms with Crippen LogP contribution in [0.5, 0.6) is 0 Å². The molecule has 2 atom stereocenters. The van der Waals surface area contributed by atoms with E-state index in [2.05, 4.69) is 26.1 Å². The molecule has 2 unspecified atom stereocenters. The second-order valence-electron chi connectivity index (χ2n) is 4.07. The van der Waals surface area contributed by atoms with Gasteiger partial charge in [-0.3, -0.25) is 4.79 Å². The van der Waals surface area contributed by atoms with Gasteiger partial charge in [0, 0.05) is 0 Å². The lowest BCUT2D eigenvalue weighted by molar-refractivity contribution is -0.121. The molecule has 0 aliphatic carbocycles. The quantitative estimate of drug-likeness (QED) is 0.653. The van der Waals surface area contributed by atoms with Crippen molar-refractivity contribution in [2.45, 2.75) is 40.2 Å². The SMILES string of the molecule is CCC(C)C(NCC(C)C)C(N)=O. The van der Waals surface area contributed by atoms with E-state index in [4.69, 9.17) is 5.73 Å². The average Bonchev–Trinajstić information content (AvgIpc) is 2.03. The highest BCUT2D eigenvalue weighted by molar-refractivity contribution is 5.80. The number of carbonyl (C=O) groups is 1. The summed E-state index contributed by atoms with van der Waals surface area (Å²) >= 11 is 0. The van der Waals surface area contributed by atoms with Crippen molar-refractivity contribution >= 4 is 5.91 Å². The van der Waals surface area contributed by atoms with Crippen molar-refractivity contribution in [1.29, 1.82) is 0 Å². The number of amides is 1. The molecule has 3 heteroatoms. The Balaban J connectivity index is 4.02. The third-order valence-electron chi connectivity index (χ3n) is 2.27. The fourth-order valence-corrected chi connectivity index (χ4v) is 1.18. The molecule has 0 spiro atoms. The number of primary amides is 1. The van der Waals surface area contributed by atoms with E-state index in [1.165, 1.54) is 0 Å². The zero-order chi connectivity index (χ0) is 10.4. The summed E-state index contributed by atoms with van der Waals surface area (Å²) in [6.07, 6.45) is 0.971. The van der Waals surface area contributed by atoms with E-state index in [1.54, 1.807) is 0 Å². The van der Waals surface area contributed by atoms with E-state index in [1.807, 2.05) is 6.92 Å². The van der Waals surface area contributed by atoms with Gasteiger partial charge in [0.2, 0.25) is 5.91 Å². The zero-order valence-corrected chi connectivity index (χ0v) is 9.13. The van der Waals surface area contributed by atoms with Crippen LogP contribution in [0.2, 0.25) is 0 Å². The fourth-order valence-electron chi connectivity index (χ4n) is 1.18. The molecular formula is C10H22N2O. The number of carbonyl (C=O) groups excluding carboxylic acids is 1. The van der Waals surface area contributed by atoms with Gasteiger partial charge in [0.05, 0.1) is 6.04 Å². The molecule has 0 aliphatic rings. The maximum Gasteiger partial charge on any atom is 0.234 e. The highest BCUT2D eigenvalue weighted by Crippen LogP contribution is 2.07. The summed E-state index contributed by atoms with van der Waals surface area (Å²) < 4.78 is 0. The number of nitrogens with one attached hydrogen (secondary N) is 1. The van der Waals surface area contributed by atoms with Crippen LogP contribution in [0.3, 0.4) is 0 Å². The lowest BCUT2D eigenvalue weighted by Crippen LogP contribution is -2.46. The molecule has 0 saturated heterocycles. The number of rotatable bonds is 6. The van der Waals surface area contributed by atoms with Gasteiger partial charge < -0.3 is 11.1 Å². The average molecular weight is 186 g/mol. The van der Waals surface area contributed by atoms with Crippen LogP contribution in [0, 0.1) is 11.8 Å². The Morgan fingerprint density at radius 3 is 2.23 bits per heavy atom. The van der Waals surface area contributed by atoms with Gasteiger partial charge >= 0.3 is 0 Å². The van der Waals surface area contributed by atoms with Gasteiger partial charge in [-0.15, -0.1) is 0 Å². The standard InChI is InChI=1S/C10H22N2O/c1-5-8(4)9(10(11)13)12-6-7(2)3/h7-9,12H,5-6H2,1-4H3,(H2,11,13). The summed E-state index contributed by atoms with van der Waals surface area (Å²) in [5.74, 6) is 0.622. The number of nitrogens with two attached hydrogens (primary N) is 1. The van der Waals surface area contributed by atoms with Gasteiger partial charge in [0.1, 0.15) is 0 Å². The van der Waals surface area contributed by atoms with Crippen molar-refractivity contribution in [3.8, 4) is 0 Å². The highest BCUT2D eigenvalue weighted by Gasteiger charge is 2.20. The van der Waals surface area contributed by atoms with Crippen molar-refractivity contribution < 1.29 is 4.79 Å². The van der Waals surface area contributed by atoms with Crippen LogP contribution in [0.15, 0.2) is 0 Å². The molecule has 0 fully saturated rings. The molecule has 0 radical (unpaired) electrons. The monoisotopic (exact) mass is 186 g/mol. The van der Waals surface area contributed by atoms with Crippen LogP contribution >= 0.6 is 0 Å². The molecule has 3 nitrogen and oxygen atoms in total. The molecule has 0 aromatic rings. The molecular weight excluding hydrogens is 164 g/mol. The predicted octanol–water partition coefficient (Wildman–Crippen LogP) is 1.13. The molecule has 13 heavy (non-hydrogen) atoms. The van der Waals surface area contributed by atoms with E-state index in [9.17, 15) is 4.79 Å². The molecule has 0 rings (SSSR count). The van der Waals surface area contributed by atoms with Gasteiger partial charge in [-0.2, -0.15) is 0 Å². The fraction of sp³-hybridized carbons (Fsp3) is 0.900. The maximum atomic E-state index is 11.1.